The van der Waals surface area contributed by atoms with E-state index in [0.717, 1.165) is 30.1 Å². The number of aliphatic hydroxyl groups is 1. The molecule has 0 spiro atoms. The van der Waals surface area contributed by atoms with Gasteiger partial charge in [-0.05, 0) is 17.7 Å². The first kappa shape index (κ1) is 12.0. The van der Waals surface area contributed by atoms with Gasteiger partial charge in [-0.3, -0.25) is 0 Å². The van der Waals surface area contributed by atoms with Crippen LogP contribution in [0, 0.1) is 0 Å². The number of aliphatic hydroxyl groups excluding tert-OH is 1. The Labute approximate surface area is 101 Å². The van der Waals surface area contributed by atoms with Gasteiger partial charge in [0.25, 0.3) is 0 Å². The van der Waals surface area contributed by atoms with Gasteiger partial charge in [-0.1, -0.05) is 12.1 Å². The van der Waals surface area contributed by atoms with E-state index < -0.39 is 6.10 Å². The molecule has 0 bridgehead atoms. The van der Waals surface area contributed by atoms with Crippen molar-refractivity contribution in [1.29, 1.82) is 0 Å². The molecule has 1 aliphatic rings. The lowest BCUT2D eigenvalue weighted by Crippen LogP contribution is -2.32. The molecule has 1 aliphatic heterocycles. The van der Waals surface area contributed by atoms with Crippen LogP contribution >= 0.6 is 0 Å². The Hall–Kier alpha value is -1.52. The highest BCUT2D eigenvalue weighted by molar-refractivity contribution is 5.62. The summed E-state index contributed by atoms with van der Waals surface area (Å²) >= 11 is 0. The van der Waals surface area contributed by atoms with Crippen LogP contribution in [0.15, 0.2) is 30.9 Å². The lowest BCUT2D eigenvalue weighted by molar-refractivity contribution is 0.186. The van der Waals surface area contributed by atoms with Crippen LogP contribution in [0.1, 0.15) is 11.7 Å². The van der Waals surface area contributed by atoms with Crippen LogP contribution in [-0.2, 0) is 0 Å². The van der Waals surface area contributed by atoms with Crippen LogP contribution in [0.5, 0.6) is 5.75 Å². The molecule has 1 unspecified atom stereocenters. The molecular weight excluding hydrogens is 216 g/mol. The van der Waals surface area contributed by atoms with E-state index in [1.54, 1.807) is 0 Å². The topological polar surface area (TPSA) is 58.7 Å². The standard InChI is InChI=1S/C13H18N2O2/c1-2-5-15-6-7-17-13-4-3-10(8-11(13)15)12(16)9-14/h2-4,8,12,16H,1,5-7,9,14H2. The van der Waals surface area contributed by atoms with E-state index in [1.165, 1.54) is 0 Å². The molecule has 0 aromatic heterocycles. The maximum atomic E-state index is 9.74. The zero-order chi connectivity index (χ0) is 12.3. The number of hydrogen-bond donors (Lipinski definition) is 2. The Bertz CT molecular complexity index is 406. The van der Waals surface area contributed by atoms with Gasteiger partial charge in [0.15, 0.2) is 0 Å². The molecule has 1 aromatic carbocycles. The van der Waals surface area contributed by atoms with Crippen LogP contribution < -0.4 is 15.4 Å². The van der Waals surface area contributed by atoms with Gasteiger partial charge in [0.2, 0.25) is 0 Å². The number of nitrogens with zero attached hydrogens (tertiary/aromatic N) is 1. The molecule has 2 rings (SSSR count). The molecule has 3 N–H and O–H groups in total. The van der Waals surface area contributed by atoms with E-state index in [4.69, 9.17) is 10.5 Å². The van der Waals surface area contributed by atoms with Crippen LogP contribution in [0.3, 0.4) is 0 Å². The molecule has 0 aliphatic carbocycles. The van der Waals surface area contributed by atoms with Gasteiger partial charge >= 0.3 is 0 Å². The van der Waals surface area contributed by atoms with Gasteiger partial charge in [-0.2, -0.15) is 0 Å². The Kier molecular flexibility index (Phi) is 3.66. The van der Waals surface area contributed by atoms with Gasteiger partial charge in [0, 0.05) is 13.1 Å². The quantitative estimate of drug-likeness (QED) is 0.765. The van der Waals surface area contributed by atoms with Crippen molar-refractivity contribution in [3.8, 4) is 5.75 Å². The smallest absolute Gasteiger partial charge is 0.142 e. The number of nitrogens with two attached hydrogens (primary N) is 1. The highest BCUT2D eigenvalue weighted by atomic mass is 16.5. The molecule has 0 saturated carbocycles. The molecule has 1 aromatic rings. The van der Waals surface area contributed by atoms with Gasteiger partial charge in [-0.25, -0.2) is 0 Å². The largest absolute Gasteiger partial charge is 0.490 e. The van der Waals surface area contributed by atoms with E-state index in [-0.39, 0.29) is 6.54 Å². The molecule has 4 heteroatoms. The van der Waals surface area contributed by atoms with Crippen LogP contribution in [0.25, 0.3) is 0 Å². The highest BCUT2D eigenvalue weighted by Crippen LogP contribution is 2.33. The molecule has 0 amide bonds. The fourth-order valence-electron chi connectivity index (χ4n) is 1.98. The van der Waals surface area contributed by atoms with Crippen molar-refractivity contribution in [1.82, 2.24) is 0 Å². The lowest BCUT2D eigenvalue weighted by atomic mass is 10.1. The SMILES string of the molecule is C=CCN1CCOc2ccc(C(O)CN)cc21. The second-order valence-electron chi connectivity index (χ2n) is 4.06. The minimum Gasteiger partial charge on any atom is -0.490 e. The first-order chi connectivity index (χ1) is 8.26. The molecule has 0 fully saturated rings. The molecule has 17 heavy (non-hydrogen) atoms. The molecule has 0 saturated heterocycles. The van der Waals surface area contributed by atoms with Gasteiger partial charge in [0.05, 0.1) is 18.3 Å². The summed E-state index contributed by atoms with van der Waals surface area (Å²) in [4.78, 5) is 2.18. The maximum Gasteiger partial charge on any atom is 0.142 e. The van der Waals surface area contributed by atoms with Crippen LogP contribution in [0.4, 0.5) is 5.69 Å². The summed E-state index contributed by atoms with van der Waals surface area (Å²) in [5.41, 5.74) is 7.29. The second-order valence-corrected chi connectivity index (χ2v) is 4.06. The number of rotatable bonds is 4. The van der Waals surface area contributed by atoms with Crippen molar-refractivity contribution in [3.63, 3.8) is 0 Å². The van der Waals surface area contributed by atoms with Gasteiger partial charge in [-0.15, -0.1) is 6.58 Å². The first-order valence-corrected chi connectivity index (χ1v) is 5.77. The molecule has 92 valence electrons. The summed E-state index contributed by atoms with van der Waals surface area (Å²) in [5, 5.41) is 9.74. The molecular formula is C13H18N2O2. The van der Waals surface area contributed by atoms with E-state index in [1.807, 2.05) is 24.3 Å². The number of ether oxygens (including phenoxy) is 1. The Balaban J connectivity index is 2.33. The fraction of sp³-hybridized carbons (Fsp3) is 0.385. The Morgan fingerprint density at radius 2 is 2.41 bits per heavy atom. The first-order valence-electron chi connectivity index (χ1n) is 5.77. The summed E-state index contributed by atoms with van der Waals surface area (Å²) in [5.74, 6) is 0.853. The summed E-state index contributed by atoms with van der Waals surface area (Å²) in [7, 11) is 0. The third kappa shape index (κ3) is 2.43. The van der Waals surface area contributed by atoms with E-state index in [2.05, 4.69) is 11.5 Å². The zero-order valence-corrected chi connectivity index (χ0v) is 9.80. The number of anilines is 1. The van der Waals surface area contributed by atoms with Crippen molar-refractivity contribution in [2.75, 3.05) is 31.1 Å². The van der Waals surface area contributed by atoms with Crippen LogP contribution in [0.2, 0.25) is 0 Å². The highest BCUT2D eigenvalue weighted by Gasteiger charge is 2.18. The number of hydrogen-bond acceptors (Lipinski definition) is 4. The normalized spacial score (nSPS) is 16.0. The Morgan fingerprint density at radius 1 is 1.59 bits per heavy atom. The molecule has 0 radical (unpaired) electrons. The predicted molar refractivity (Wildman–Crippen MR) is 68.4 cm³/mol. The monoisotopic (exact) mass is 234 g/mol. The minimum atomic E-state index is -0.618. The summed E-state index contributed by atoms with van der Waals surface area (Å²) < 4.78 is 5.58. The average Bonchev–Trinajstić information content (AvgIpc) is 2.38. The third-order valence-corrected chi connectivity index (χ3v) is 2.90. The third-order valence-electron chi connectivity index (χ3n) is 2.90. The molecule has 1 atom stereocenters. The summed E-state index contributed by atoms with van der Waals surface area (Å²) in [6.45, 7) is 6.26. The number of fused-ring (bicyclic) bond motifs is 1. The summed E-state index contributed by atoms with van der Waals surface area (Å²) in [6, 6.07) is 5.68. The average molecular weight is 234 g/mol. The second kappa shape index (κ2) is 5.21. The molecule has 4 nitrogen and oxygen atoms in total. The van der Waals surface area contributed by atoms with Gasteiger partial charge < -0.3 is 20.5 Å². The van der Waals surface area contributed by atoms with Crippen molar-refractivity contribution in [2.45, 2.75) is 6.10 Å². The van der Waals surface area contributed by atoms with E-state index in [0.29, 0.717) is 6.61 Å². The number of benzene rings is 1. The lowest BCUT2D eigenvalue weighted by Gasteiger charge is -2.31. The zero-order valence-electron chi connectivity index (χ0n) is 9.80. The minimum absolute atomic E-state index is 0.223. The van der Waals surface area contributed by atoms with E-state index in [9.17, 15) is 5.11 Å². The van der Waals surface area contributed by atoms with Crippen molar-refractivity contribution >= 4 is 5.69 Å². The maximum absolute atomic E-state index is 9.74. The van der Waals surface area contributed by atoms with Crippen LogP contribution in [-0.4, -0.2) is 31.3 Å². The van der Waals surface area contributed by atoms with E-state index >= 15 is 0 Å². The Morgan fingerprint density at radius 3 is 3.12 bits per heavy atom. The molecule has 1 heterocycles. The predicted octanol–water partition coefficient (Wildman–Crippen LogP) is 1.06. The van der Waals surface area contributed by atoms with Crippen molar-refractivity contribution in [3.05, 3.63) is 36.4 Å². The summed E-state index contributed by atoms with van der Waals surface area (Å²) in [6.07, 6.45) is 1.24. The van der Waals surface area contributed by atoms with Gasteiger partial charge in [0.1, 0.15) is 12.4 Å². The van der Waals surface area contributed by atoms with Crippen molar-refractivity contribution in [2.24, 2.45) is 5.73 Å². The fourth-order valence-corrected chi connectivity index (χ4v) is 1.98. The van der Waals surface area contributed by atoms with Crippen molar-refractivity contribution < 1.29 is 9.84 Å².